The number of hydrogen-bond donors (Lipinski definition) is 1. The van der Waals surface area contributed by atoms with Gasteiger partial charge in [0, 0.05) is 13.1 Å². The molecule has 0 atom stereocenters. The summed E-state index contributed by atoms with van der Waals surface area (Å²) in [6, 6.07) is 4.90. The first-order valence-electron chi connectivity index (χ1n) is 5.73. The average Bonchev–Trinajstić information content (AvgIpc) is 2.98. The Morgan fingerprint density at radius 2 is 2.11 bits per heavy atom. The summed E-state index contributed by atoms with van der Waals surface area (Å²) >= 11 is 0. The lowest BCUT2D eigenvalue weighted by Gasteiger charge is -2.14. The Kier molecular flexibility index (Phi) is 3.79. The molecule has 2 aromatic heterocycles. The van der Waals surface area contributed by atoms with Crippen LogP contribution >= 0.6 is 0 Å². The van der Waals surface area contributed by atoms with Crippen LogP contribution in [0.4, 0.5) is 0 Å². The van der Waals surface area contributed by atoms with Gasteiger partial charge in [-0.05, 0) is 19.1 Å². The molecule has 0 bridgehead atoms. The van der Waals surface area contributed by atoms with E-state index in [4.69, 9.17) is 14.6 Å². The molecule has 104 valence electrons. The monoisotopic (exact) mass is 284 g/mol. The van der Waals surface area contributed by atoms with Crippen LogP contribution in [0.1, 0.15) is 17.3 Å². The fourth-order valence-electron chi connectivity index (χ4n) is 1.76. The lowest BCUT2D eigenvalue weighted by Crippen LogP contribution is -2.26. The Labute approximate surface area is 111 Å². The molecule has 19 heavy (non-hydrogen) atoms. The van der Waals surface area contributed by atoms with Crippen molar-refractivity contribution >= 4 is 10.0 Å². The molecular formula is C12H16N2O4S. The second kappa shape index (κ2) is 5.20. The third-order valence-electron chi connectivity index (χ3n) is 2.77. The number of nitrogens with zero attached hydrogens (tertiary/aromatic N) is 1. The molecule has 0 aromatic carbocycles. The van der Waals surface area contributed by atoms with Crippen LogP contribution in [0.25, 0.3) is 0 Å². The van der Waals surface area contributed by atoms with Crippen molar-refractivity contribution in [3.63, 3.8) is 0 Å². The van der Waals surface area contributed by atoms with E-state index in [-0.39, 0.29) is 18.0 Å². The molecule has 0 aliphatic rings. The minimum atomic E-state index is -3.61. The molecule has 7 heteroatoms. The van der Waals surface area contributed by atoms with E-state index in [1.54, 1.807) is 19.1 Å². The van der Waals surface area contributed by atoms with Crippen LogP contribution in [-0.2, 0) is 23.1 Å². The van der Waals surface area contributed by atoms with Gasteiger partial charge in [-0.3, -0.25) is 0 Å². The van der Waals surface area contributed by atoms with Crippen molar-refractivity contribution in [3.8, 4) is 0 Å². The van der Waals surface area contributed by atoms with Crippen LogP contribution in [0.2, 0.25) is 0 Å². The van der Waals surface area contributed by atoms with E-state index in [0.29, 0.717) is 17.3 Å². The van der Waals surface area contributed by atoms with Crippen LogP contribution in [-0.4, -0.2) is 19.8 Å². The highest BCUT2D eigenvalue weighted by atomic mass is 32.2. The Morgan fingerprint density at radius 1 is 1.37 bits per heavy atom. The Bertz CT molecular complexity index is 643. The van der Waals surface area contributed by atoms with Crippen molar-refractivity contribution in [2.75, 3.05) is 7.05 Å². The highest BCUT2D eigenvalue weighted by Gasteiger charge is 2.26. The minimum absolute atomic E-state index is 0.141. The molecule has 0 unspecified atom stereocenters. The number of hydrogen-bond acceptors (Lipinski definition) is 5. The van der Waals surface area contributed by atoms with Gasteiger partial charge >= 0.3 is 0 Å². The van der Waals surface area contributed by atoms with Crippen molar-refractivity contribution in [1.29, 1.82) is 0 Å². The summed E-state index contributed by atoms with van der Waals surface area (Å²) in [7, 11) is -2.12. The van der Waals surface area contributed by atoms with Crippen LogP contribution < -0.4 is 5.73 Å². The second-order valence-corrected chi connectivity index (χ2v) is 6.19. The SMILES string of the molecule is Cc1oc(CN)cc1S(=O)(=O)N(C)Cc1ccco1. The predicted molar refractivity (Wildman–Crippen MR) is 68.7 cm³/mol. The summed E-state index contributed by atoms with van der Waals surface area (Å²) < 4.78 is 36.4. The Balaban J connectivity index is 2.28. The van der Waals surface area contributed by atoms with E-state index >= 15 is 0 Å². The molecule has 2 aromatic rings. The molecule has 0 aliphatic carbocycles. The summed E-state index contributed by atoms with van der Waals surface area (Å²) in [6.07, 6.45) is 1.51. The van der Waals surface area contributed by atoms with Gasteiger partial charge in [0.2, 0.25) is 10.0 Å². The third-order valence-corrected chi connectivity index (χ3v) is 4.68. The van der Waals surface area contributed by atoms with E-state index < -0.39 is 10.0 Å². The normalized spacial score (nSPS) is 12.2. The van der Waals surface area contributed by atoms with Gasteiger partial charge in [0.25, 0.3) is 0 Å². The lowest BCUT2D eigenvalue weighted by molar-refractivity contribution is 0.404. The summed E-state index contributed by atoms with van der Waals surface area (Å²) in [5.41, 5.74) is 5.44. The van der Waals surface area contributed by atoms with Crippen molar-refractivity contribution in [1.82, 2.24) is 4.31 Å². The van der Waals surface area contributed by atoms with Crippen molar-refractivity contribution in [2.45, 2.75) is 24.9 Å². The molecule has 2 heterocycles. The standard InChI is InChI=1S/C12H16N2O4S/c1-9-12(6-11(7-13)18-9)19(15,16)14(2)8-10-4-3-5-17-10/h3-6H,7-8,13H2,1-2H3. The minimum Gasteiger partial charge on any atom is -0.468 e. The highest BCUT2D eigenvalue weighted by Crippen LogP contribution is 2.23. The Morgan fingerprint density at radius 3 is 2.63 bits per heavy atom. The number of rotatable bonds is 5. The first-order valence-corrected chi connectivity index (χ1v) is 7.17. The Hall–Kier alpha value is -1.57. The predicted octanol–water partition coefficient (Wildman–Crippen LogP) is 1.46. The van der Waals surface area contributed by atoms with Crippen LogP contribution in [0.3, 0.4) is 0 Å². The number of sulfonamides is 1. The van der Waals surface area contributed by atoms with Gasteiger partial charge in [0.05, 0.1) is 19.4 Å². The number of furan rings is 2. The molecule has 0 spiro atoms. The van der Waals surface area contributed by atoms with E-state index in [9.17, 15) is 8.42 Å². The maximum absolute atomic E-state index is 12.4. The smallest absolute Gasteiger partial charge is 0.246 e. The van der Waals surface area contributed by atoms with Crippen LogP contribution in [0.5, 0.6) is 0 Å². The molecule has 2 rings (SSSR count). The molecule has 6 nitrogen and oxygen atoms in total. The molecule has 0 saturated carbocycles. The molecule has 0 amide bonds. The largest absolute Gasteiger partial charge is 0.468 e. The van der Waals surface area contributed by atoms with Gasteiger partial charge in [-0.25, -0.2) is 8.42 Å². The molecular weight excluding hydrogens is 268 g/mol. The van der Waals surface area contributed by atoms with Crippen molar-refractivity contribution in [2.24, 2.45) is 5.73 Å². The fraction of sp³-hybridized carbons (Fsp3) is 0.333. The zero-order valence-corrected chi connectivity index (χ0v) is 11.6. The fourth-order valence-corrected chi connectivity index (χ4v) is 3.07. The van der Waals surface area contributed by atoms with Gasteiger partial charge in [-0.1, -0.05) is 0 Å². The van der Waals surface area contributed by atoms with E-state index in [1.165, 1.54) is 23.7 Å². The maximum Gasteiger partial charge on any atom is 0.246 e. The summed E-state index contributed by atoms with van der Waals surface area (Å²) in [4.78, 5) is 0.141. The van der Waals surface area contributed by atoms with Gasteiger partial charge in [0.15, 0.2) is 0 Å². The summed E-state index contributed by atoms with van der Waals surface area (Å²) in [6.45, 7) is 1.93. The zero-order chi connectivity index (χ0) is 14.0. The summed E-state index contributed by atoms with van der Waals surface area (Å²) in [5.74, 6) is 1.36. The second-order valence-electron chi connectivity index (χ2n) is 4.18. The van der Waals surface area contributed by atoms with Gasteiger partial charge in [-0.15, -0.1) is 0 Å². The average molecular weight is 284 g/mol. The van der Waals surface area contributed by atoms with E-state index in [1.807, 2.05) is 0 Å². The van der Waals surface area contributed by atoms with Gasteiger partial charge in [0.1, 0.15) is 22.2 Å². The zero-order valence-electron chi connectivity index (χ0n) is 10.8. The quantitative estimate of drug-likeness (QED) is 0.897. The van der Waals surface area contributed by atoms with Crippen molar-refractivity contribution < 1.29 is 17.3 Å². The number of nitrogens with two attached hydrogens (primary N) is 1. The molecule has 2 N–H and O–H groups in total. The molecule has 0 fully saturated rings. The molecule has 0 aliphatic heterocycles. The van der Waals surface area contributed by atoms with Crippen molar-refractivity contribution in [3.05, 3.63) is 41.7 Å². The first-order chi connectivity index (χ1) is 8.95. The van der Waals surface area contributed by atoms with Crippen LogP contribution in [0, 0.1) is 6.92 Å². The topological polar surface area (TPSA) is 89.7 Å². The molecule has 0 saturated heterocycles. The molecule has 0 radical (unpaired) electrons. The van der Waals surface area contributed by atoms with Gasteiger partial charge in [-0.2, -0.15) is 4.31 Å². The summed E-state index contributed by atoms with van der Waals surface area (Å²) in [5, 5.41) is 0. The first kappa shape index (κ1) is 13.9. The highest BCUT2D eigenvalue weighted by molar-refractivity contribution is 7.89. The van der Waals surface area contributed by atoms with E-state index in [2.05, 4.69) is 0 Å². The lowest BCUT2D eigenvalue weighted by atomic mass is 10.4. The van der Waals surface area contributed by atoms with Gasteiger partial charge < -0.3 is 14.6 Å². The third kappa shape index (κ3) is 2.73. The maximum atomic E-state index is 12.4. The number of aryl methyl sites for hydroxylation is 1. The van der Waals surface area contributed by atoms with E-state index in [0.717, 1.165) is 0 Å². The van der Waals surface area contributed by atoms with Crippen LogP contribution in [0.15, 0.2) is 38.2 Å².